The molecule has 0 unspecified atom stereocenters. The standard InChI is InChI=1S/C14H21BO2.C2H4O/c1-6-11-7-9-12(10-8-11)15-16-13(2,3)14(4,5)17-15;1-2-3/h7-10H,6H2,1-5H3;2H,1H3. The molecule has 0 spiro atoms. The van der Waals surface area contributed by atoms with Gasteiger partial charge in [-0.05, 0) is 52.1 Å². The first kappa shape index (κ1) is 16.9. The molecular weight excluding hydrogens is 251 g/mol. The number of rotatable bonds is 2. The monoisotopic (exact) mass is 276 g/mol. The molecule has 0 N–H and O–H groups in total. The molecule has 20 heavy (non-hydrogen) atoms. The molecule has 1 saturated heterocycles. The van der Waals surface area contributed by atoms with Crippen LogP contribution in [0.4, 0.5) is 0 Å². The van der Waals surface area contributed by atoms with Crippen LogP contribution >= 0.6 is 0 Å². The number of benzene rings is 1. The lowest BCUT2D eigenvalue weighted by Crippen LogP contribution is -2.41. The van der Waals surface area contributed by atoms with Crippen LogP contribution in [0.5, 0.6) is 0 Å². The van der Waals surface area contributed by atoms with E-state index >= 15 is 0 Å². The third-order valence-corrected chi connectivity index (χ3v) is 3.91. The Balaban J connectivity index is 0.000000612. The highest BCUT2D eigenvalue weighted by molar-refractivity contribution is 6.62. The Morgan fingerprint density at radius 1 is 1.05 bits per heavy atom. The second-order valence-corrected chi connectivity index (χ2v) is 5.92. The van der Waals surface area contributed by atoms with E-state index in [4.69, 9.17) is 14.1 Å². The molecule has 0 radical (unpaired) electrons. The molecule has 1 heterocycles. The van der Waals surface area contributed by atoms with Gasteiger partial charge in [0.1, 0.15) is 6.29 Å². The summed E-state index contributed by atoms with van der Waals surface area (Å²) >= 11 is 0. The molecule has 0 amide bonds. The Kier molecular flexibility index (Phi) is 5.54. The zero-order valence-corrected chi connectivity index (χ0v) is 13.4. The lowest BCUT2D eigenvalue weighted by molar-refractivity contribution is -0.106. The number of carbonyl (C=O) groups excluding carboxylic acids is 1. The van der Waals surface area contributed by atoms with Gasteiger partial charge in [-0.3, -0.25) is 0 Å². The molecule has 1 aliphatic heterocycles. The summed E-state index contributed by atoms with van der Waals surface area (Å²) in [6.07, 6.45) is 1.81. The third-order valence-electron chi connectivity index (χ3n) is 3.91. The van der Waals surface area contributed by atoms with Gasteiger partial charge in [0.2, 0.25) is 0 Å². The first-order chi connectivity index (χ1) is 9.27. The maximum atomic E-state index is 8.81. The van der Waals surface area contributed by atoms with Crippen molar-refractivity contribution >= 4 is 18.9 Å². The average molecular weight is 276 g/mol. The van der Waals surface area contributed by atoms with Crippen molar-refractivity contribution in [3.63, 3.8) is 0 Å². The van der Waals surface area contributed by atoms with Crippen molar-refractivity contribution in [3.8, 4) is 0 Å². The van der Waals surface area contributed by atoms with E-state index < -0.39 is 0 Å². The summed E-state index contributed by atoms with van der Waals surface area (Å²) in [4.78, 5) is 8.81. The van der Waals surface area contributed by atoms with E-state index in [9.17, 15) is 0 Å². The highest BCUT2D eigenvalue weighted by Crippen LogP contribution is 2.36. The Morgan fingerprint density at radius 3 is 1.80 bits per heavy atom. The first-order valence-corrected chi connectivity index (χ1v) is 7.11. The summed E-state index contributed by atoms with van der Waals surface area (Å²) in [5, 5.41) is 0. The summed E-state index contributed by atoms with van der Waals surface area (Å²) in [7, 11) is -0.245. The Bertz CT molecular complexity index is 422. The van der Waals surface area contributed by atoms with Crippen LogP contribution in [-0.4, -0.2) is 24.6 Å². The van der Waals surface area contributed by atoms with Crippen molar-refractivity contribution < 1.29 is 14.1 Å². The fraction of sp³-hybridized carbons (Fsp3) is 0.562. The van der Waals surface area contributed by atoms with Gasteiger partial charge in [-0.25, -0.2) is 0 Å². The smallest absolute Gasteiger partial charge is 0.399 e. The predicted molar refractivity (Wildman–Crippen MR) is 83.3 cm³/mol. The first-order valence-electron chi connectivity index (χ1n) is 7.11. The zero-order valence-electron chi connectivity index (χ0n) is 13.4. The topological polar surface area (TPSA) is 35.5 Å². The molecular formula is C16H25BO3. The number of carbonyl (C=O) groups is 1. The van der Waals surface area contributed by atoms with Gasteiger partial charge < -0.3 is 14.1 Å². The SMILES string of the molecule is CC=O.CCc1ccc(B2OC(C)(C)C(C)(C)O2)cc1. The quantitative estimate of drug-likeness (QED) is 0.615. The van der Waals surface area contributed by atoms with Crippen LogP contribution < -0.4 is 5.46 Å². The molecule has 1 aromatic carbocycles. The molecule has 4 heteroatoms. The molecule has 110 valence electrons. The van der Waals surface area contributed by atoms with E-state index in [0.29, 0.717) is 0 Å². The molecule has 0 saturated carbocycles. The second kappa shape index (κ2) is 6.55. The summed E-state index contributed by atoms with van der Waals surface area (Å²) in [6.45, 7) is 11.9. The van der Waals surface area contributed by atoms with Gasteiger partial charge in [0, 0.05) is 0 Å². The number of hydrogen-bond acceptors (Lipinski definition) is 3. The minimum Gasteiger partial charge on any atom is -0.399 e. The van der Waals surface area contributed by atoms with Crippen LogP contribution in [0.15, 0.2) is 24.3 Å². The molecule has 1 aliphatic rings. The van der Waals surface area contributed by atoms with Crippen LogP contribution in [0, 0.1) is 0 Å². The molecule has 1 fully saturated rings. The summed E-state index contributed by atoms with van der Waals surface area (Å²) in [5.74, 6) is 0. The summed E-state index contributed by atoms with van der Waals surface area (Å²) in [5.41, 5.74) is 1.91. The van der Waals surface area contributed by atoms with Crippen molar-refractivity contribution in [2.24, 2.45) is 0 Å². The number of hydrogen-bond donors (Lipinski definition) is 0. The second-order valence-electron chi connectivity index (χ2n) is 5.92. The molecule has 0 aromatic heterocycles. The molecule has 0 aliphatic carbocycles. The lowest BCUT2D eigenvalue weighted by Gasteiger charge is -2.32. The maximum Gasteiger partial charge on any atom is 0.494 e. The molecule has 1 aromatic rings. The van der Waals surface area contributed by atoms with Crippen LogP contribution in [0.1, 0.15) is 47.1 Å². The van der Waals surface area contributed by atoms with Crippen LogP contribution in [-0.2, 0) is 20.5 Å². The van der Waals surface area contributed by atoms with E-state index in [2.05, 4.69) is 58.9 Å². The lowest BCUT2D eigenvalue weighted by atomic mass is 9.79. The predicted octanol–water partition coefficient (Wildman–Crippen LogP) is 2.75. The van der Waals surface area contributed by atoms with E-state index in [1.165, 1.54) is 12.5 Å². The van der Waals surface area contributed by atoms with E-state index in [0.717, 1.165) is 18.2 Å². The normalized spacial score (nSPS) is 19.2. The van der Waals surface area contributed by atoms with Gasteiger partial charge in [-0.2, -0.15) is 0 Å². The van der Waals surface area contributed by atoms with Crippen molar-refractivity contribution in [2.45, 2.75) is 59.2 Å². The Hall–Kier alpha value is -1.13. The van der Waals surface area contributed by atoms with Crippen LogP contribution in [0.3, 0.4) is 0 Å². The fourth-order valence-electron chi connectivity index (χ4n) is 1.89. The van der Waals surface area contributed by atoms with Gasteiger partial charge in [-0.1, -0.05) is 31.2 Å². The van der Waals surface area contributed by atoms with Crippen LogP contribution in [0.25, 0.3) is 0 Å². The van der Waals surface area contributed by atoms with Gasteiger partial charge >= 0.3 is 7.12 Å². The Labute approximate surface area is 122 Å². The minimum absolute atomic E-state index is 0.245. The highest BCUT2D eigenvalue weighted by atomic mass is 16.7. The van der Waals surface area contributed by atoms with Crippen molar-refractivity contribution in [2.75, 3.05) is 0 Å². The van der Waals surface area contributed by atoms with Gasteiger partial charge in [0.25, 0.3) is 0 Å². The molecule has 0 atom stereocenters. The Morgan fingerprint density at radius 2 is 1.45 bits per heavy atom. The largest absolute Gasteiger partial charge is 0.494 e. The van der Waals surface area contributed by atoms with Crippen LogP contribution in [0.2, 0.25) is 0 Å². The highest BCUT2D eigenvalue weighted by Gasteiger charge is 2.51. The van der Waals surface area contributed by atoms with E-state index in [1.54, 1.807) is 0 Å². The number of aryl methyl sites for hydroxylation is 1. The van der Waals surface area contributed by atoms with E-state index in [1.807, 2.05) is 0 Å². The fourth-order valence-corrected chi connectivity index (χ4v) is 1.89. The minimum atomic E-state index is -0.263. The van der Waals surface area contributed by atoms with E-state index in [-0.39, 0.29) is 18.3 Å². The van der Waals surface area contributed by atoms with Gasteiger partial charge in [-0.15, -0.1) is 0 Å². The molecule has 0 bridgehead atoms. The summed E-state index contributed by atoms with van der Waals surface area (Å²) < 4.78 is 12.0. The van der Waals surface area contributed by atoms with Crippen molar-refractivity contribution in [1.29, 1.82) is 0 Å². The molecule has 3 nitrogen and oxygen atoms in total. The van der Waals surface area contributed by atoms with Crippen molar-refractivity contribution in [1.82, 2.24) is 0 Å². The molecule has 2 rings (SSSR count). The van der Waals surface area contributed by atoms with Gasteiger partial charge in [0.15, 0.2) is 0 Å². The third kappa shape index (κ3) is 3.71. The summed E-state index contributed by atoms with van der Waals surface area (Å²) in [6, 6.07) is 8.47. The number of aldehydes is 1. The maximum absolute atomic E-state index is 8.81. The average Bonchev–Trinajstić information content (AvgIpc) is 2.60. The van der Waals surface area contributed by atoms with Gasteiger partial charge in [0.05, 0.1) is 11.2 Å². The zero-order chi connectivity index (χ0) is 15.4. The van der Waals surface area contributed by atoms with Crippen molar-refractivity contribution in [3.05, 3.63) is 29.8 Å².